The number of amides is 1. The van der Waals surface area contributed by atoms with Gasteiger partial charge in [0.05, 0.1) is 28.3 Å². The Bertz CT molecular complexity index is 958. The first-order chi connectivity index (χ1) is 15.4. The molecule has 2 aliphatic heterocycles. The van der Waals surface area contributed by atoms with Gasteiger partial charge in [0.2, 0.25) is 0 Å². The lowest BCUT2D eigenvalue weighted by Crippen LogP contribution is -2.56. The highest BCUT2D eigenvalue weighted by molar-refractivity contribution is 7.20. The summed E-state index contributed by atoms with van der Waals surface area (Å²) in [6, 6.07) is 2.64. The average Bonchev–Trinajstić information content (AvgIpc) is 3.35. The van der Waals surface area contributed by atoms with Crippen LogP contribution in [0.15, 0.2) is 6.07 Å². The molecule has 2 unspecified atom stereocenters. The third-order valence-corrected chi connectivity index (χ3v) is 8.76. The van der Waals surface area contributed by atoms with Crippen LogP contribution in [0.25, 0.3) is 10.2 Å². The van der Waals surface area contributed by atoms with Crippen molar-refractivity contribution in [3.05, 3.63) is 16.6 Å². The molecule has 2 aromatic heterocycles. The molecule has 2 atom stereocenters. The van der Waals surface area contributed by atoms with Crippen LogP contribution in [0.5, 0.6) is 0 Å². The molecular formula is C24H36N4O3S. The fourth-order valence-electron chi connectivity index (χ4n) is 5.77. The van der Waals surface area contributed by atoms with Crippen LogP contribution in [0.2, 0.25) is 0 Å². The highest BCUT2D eigenvalue weighted by atomic mass is 32.1. The Hall–Kier alpha value is -1.48. The Labute approximate surface area is 194 Å². The van der Waals surface area contributed by atoms with Gasteiger partial charge in [0.25, 0.3) is 5.91 Å². The summed E-state index contributed by atoms with van der Waals surface area (Å²) in [5, 5.41) is 12.7. The molecule has 1 saturated carbocycles. The maximum absolute atomic E-state index is 13.1. The minimum Gasteiger partial charge on any atom is -0.381 e. The van der Waals surface area contributed by atoms with Gasteiger partial charge in [-0.15, -0.1) is 11.3 Å². The van der Waals surface area contributed by atoms with Crippen LogP contribution < -0.4 is 10.6 Å². The lowest BCUT2D eigenvalue weighted by molar-refractivity contribution is -0.137. The van der Waals surface area contributed by atoms with Gasteiger partial charge in [-0.05, 0) is 71.3 Å². The molecule has 8 heteroatoms. The molecule has 3 fully saturated rings. The molecule has 176 valence electrons. The lowest BCUT2D eigenvalue weighted by Gasteiger charge is -2.46. The number of nitrogens with zero attached hydrogens (tertiary/aromatic N) is 2. The SMILES string of the molecule is Cc1nn(C2CCOCC2)c2sc(C(=O)NC3CCC(C4(C)CNCC(C)O4)CC3)cc12. The molecule has 5 rings (SSSR count). The Balaban J connectivity index is 1.22. The van der Waals surface area contributed by atoms with E-state index in [9.17, 15) is 4.79 Å². The number of thiophene rings is 1. The number of fused-ring (bicyclic) bond motifs is 1. The van der Waals surface area contributed by atoms with Crippen LogP contribution in [-0.2, 0) is 9.47 Å². The van der Waals surface area contributed by atoms with E-state index in [4.69, 9.17) is 14.6 Å². The van der Waals surface area contributed by atoms with Crippen molar-refractivity contribution in [2.45, 2.75) is 83.1 Å². The highest BCUT2D eigenvalue weighted by Crippen LogP contribution is 2.37. The molecule has 1 aliphatic carbocycles. The summed E-state index contributed by atoms with van der Waals surface area (Å²) < 4.78 is 14.0. The highest BCUT2D eigenvalue weighted by Gasteiger charge is 2.40. The van der Waals surface area contributed by atoms with Crippen molar-refractivity contribution in [2.75, 3.05) is 26.3 Å². The second kappa shape index (κ2) is 9.05. The summed E-state index contributed by atoms with van der Waals surface area (Å²) in [5.74, 6) is 0.603. The van der Waals surface area contributed by atoms with E-state index in [1.807, 2.05) is 13.0 Å². The van der Waals surface area contributed by atoms with E-state index in [-0.39, 0.29) is 23.7 Å². The van der Waals surface area contributed by atoms with Gasteiger partial charge in [0.15, 0.2) is 0 Å². The molecule has 3 aliphatic rings. The summed E-state index contributed by atoms with van der Waals surface area (Å²) in [5.41, 5.74) is 0.914. The van der Waals surface area contributed by atoms with Crippen molar-refractivity contribution in [1.82, 2.24) is 20.4 Å². The van der Waals surface area contributed by atoms with Crippen molar-refractivity contribution >= 4 is 27.5 Å². The number of nitrogens with one attached hydrogen (secondary N) is 2. The minimum absolute atomic E-state index is 0.0583. The maximum Gasteiger partial charge on any atom is 0.261 e. The van der Waals surface area contributed by atoms with Crippen LogP contribution in [0.1, 0.15) is 73.8 Å². The first-order valence-corrected chi connectivity index (χ1v) is 13.0. The number of aromatic nitrogens is 2. The fraction of sp³-hybridized carbons (Fsp3) is 0.750. The number of hydrogen-bond acceptors (Lipinski definition) is 6. The zero-order valence-corrected chi connectivity index (χ0v) is 20.3. The van der Waals surface area contributed by atoms with E-state index in [0.717, 1.165) is 85.6 Å². The van der Waals surface area contributed by atoms with Crippen LogP contribution >= 0.6 is 11.3 Å². The molecule has 0 aromatic carbocycles. The van der Waals surface area contributed by atoms with E-state index < -0.39 is 0 Å². The number of aryl methyl sites for hydroxylation is 1. The Morgan fingerprint density at radius 3 is 2.72 bits per heavy atom. The third kappa shape index (κ3) is 4.34. The number of ether oxygens (including phenoxy) is 2. The van der Waals surface area contributed by atoms with Crippen molar-refractivity contribution in [3.8, 4) is 0 Å². The summed E-state index contributed by atoms with van der Waals surface area (Å²) in [6.45, 7) is 9.85. The van der Waals surface area contributed by atoms with Gasteiger partial charge < -0.3 is 20.1 Å². The van der Waals surface area contributed by atoms with Gasteiger partial charge in [0.1, 0.15) is 4.83 Å². The topological polar surface area (TPSA) is 77.4 Å². The predicted molar refractivity (Wildman–Crippen MR) is 126 cm³/mol. The summed E-state index contributed by atoms with van der Waals surface area (Å²) in [6.07, 6.45) is 6.46. The second-order valence-electron chi connectivity index (χ2n) is 10.1. The zero-order valence-electron chi connectivity index (χ0n) is 19.5. The van der Waals surface area contributed by atoms with Crippen molar-refractivity contribution in [2.24, 2.45) is 5.92 Å². The van der Waals surface area contributed by atoms with Gasteiger partial charge in [-0.25, -0.2) is 0 Å². The number of rotatable bonds is 4. The van der Waals surface area contributed by atoms with Crippen molar-refractivity contribution in [3.63, 3.8) is 0 Å². The second-order valence-corrected chi connectivity index (χ2v) is 11.1. The van der Waals surface area contributed by atoms with Crippen LogP contribution in [0, 0.1) is 12.8 Å². The molecule has 4 heterocycles. The van der Waals surface area contributed by atoms with Gasteiger partial charge in [0, 0.05) is 37.7 Å². The lowest BCUT2D eigenvalue weighted by atomic mass is 9.75. The number of morpholine rings is 1. The number of hydrogen-bond donors (Lipinski definition) is 2. The standard InChI is InChI=1S/C24H36N4O3S/c1-15-13-25-14-24(3,31-15)17-4-6-18(7-5-17)26-22(29)21-12-20-16(2)27-28(23(20)32-21)19-8-10-30-11-9-19/h12,15,17-19,25H,4-11,13-14H2,1-3H3,(H,26,29). The first kappa shape index (κ1) is 22.3. The van der Waals surface area contributed by atoms with Crippen LogP contribution in [-0.4, -0.2) is 59.7 Å². The monoisotopic (exact) mass is 460 g/mol. The zero-order chi connectivity index (χ0) is 22.3. The molecule has 0 radical (unpaired) electrons. The fourth-order valence-corrected chi connectivity index (χ4v) is 6.91. The smallest absolute Gasteiger partial charge is 0.261 e. The molecule has 2 saturated heterocycles. The van der Waals surface area contributed by atoms with Crippen molar-refractivity contribution in [1.29, 1.82) is 0 Å². The minimum atomic E-state index is -0.0916. The van der Waals surface area contributed by atoms with Crippen LogP contribution in [0.3, 0.4) is 0 Å². The summed E-state index contributed by atoms with van der Waals surface area (Å²) in [7, 11) is 0. The molecule has 0 spiro atoms. The Morgan fingerprint density at radius 2 is 2.00 bits per heavy atom. The normalized spacial score (nSPS) is 32.3. The average molecular weight is 461 g/mol. The van der Waals surface area contributed by atoms with Crippen molar-refractivity contribution < 1.29 is 14.3 Å². The molecule has 2 aromatic rings. The maximum atomic E-state index is 13.1. The van der Waals surface area contributed by atoms with Gasteiger partial charge in [-0.2, -0.15) is 5.10 Å². The predicted octanol–water partition coefficient (Wildman–Crippen LogP) is 3.81. The first-order valence-electron chi connectivity index (χ1n) is 12.2. The molecule has 7 nitrogen and oxygen atoms in total. The quantitative estimate of drug-likeness (QED) is 0.726. The van der Waals surface area contributed by atoms with E-state index in [1.54, 1.807) is 11.3 Å². The van der Waals surface area contributed by atoms with E-state index in [1.165, 1.54) is 0 Å². The third-order valence-electron chi connectivity index (χ3n) is 7.63. The summed E-state index contributed by atoms with van der Waals surface area (Å²) >= 11 is 1.58. The molecule has 1 amide bonds. The molecule has 32 heavy (non-hydrogen) atoms. The van der Waals surface area contributed by atoms with Gasteiger partial charge in [-0.1, -0.05) is 0 Å². The van der Waals surface area contributed by atoms with Crippen LogP contribution in [0.4, 0.5) is 0 Å². The van der Waals surface area contributed by atoms with Gasteiger partial charge in [-0.3, -0.25) is 9.48 Å². The molecule has 0 bridgehead atoms. The Kier molecular flexibility index (Phi) is 6.31. The molecule has 2 N–H and O–H groups in total. The van der Waals surface area contributed by atoms with Gasteiger partial charge >= 0.3 is 0 Å². The largest absolute Gasteiger partial charge is 0.381 e. The Morgan fingerprint density at radius 1 is 1.25 bits per heavy atom. The number of carbonyl (C=O) groups is 1. The molecular weight excluding hydrogens is 424 g/mol. The van der Waals surface area contributed by atoms with E-state index >= 15 is 0 Å². The van der Waals surface area contributed by atoms with E-state index in [0.29, 0.717) is 12.0 Å². The summed E-state index contributed by atoms with van der Waals surface area (Å²) in [4.78, 5) is 15.0. The number of carbonyl (C=O) groups excluding carboxylic acids is 1. The van der Waals surface area contributed by atoms with E-state index in [2.05, 4.69) is 29.2 Å².